The van der Waals surface area contributed by atoms with Crippen molar-refractivity contribution in [2.45, 2.75) is 12.0 Å². The van der Waals surface area contributed by atoms with Crippen molar-refractivity contribution in [3.63, 3.8) is 0 Å². The Hall–Kier alpha value is -6.18. The molecule has 0 saturated heterocycles. The van der Waals surface area contributed by atoms with Crippen molar-refractivity contribution in [2.24, 2.45) is 0 Å². The van der Waals surface area contributed by atoms with Crippen molar-refractivity contribution in [3.8, 4) is 50.3 Å². The Morgan fingerprint density at radius 3 is 1.71 bits per heavy atom. The molecule has 1 heteroatoms. The van der Waals surface area contributed by atoms with E-state index < -0.39 is 0 Å². The van der Waals surface area contributed by atoms with Crippen LogP contribution in [0.1, 0.15) is 11.5 Å². The highest BCUT2D eigenvalue weighted by molar-refractivity contribution is 6.22. The Kier molecular flexibility index (Phi) is 6.38. The Morgan fingerprint density at radius 2 is 0.959 bits per heavy atom. The summed E-state index contributed by atoms with van der Waals surface area (Å²) in [6.45, 7) is 0. The van der Waals surface area contributed by atoms with Gasteiger partial charge >= 0.3 is 0 Å². The van der Waals surface area contributed by atoms with Crippen LogP contribution in [-0.2, 0) is 0 Å². The molecular formula is C48H32O. The van der Waals surface area contributed by atoms with E-state index in [4.69, 9.17) is 4.74 Å². The van der Waals surface area contributed by atoms with E-state index in [1.54, 1.807) is 0 Å². The molecule has 2 unspecified atom stereocenters. The summed E-state index contributed by atoms with van der Waals surface area (Å²) in [6.07, 6.45) is 8.76. The van der Waals surface area contributed by atoms with Crippen LogP contribution in [0.25, 0.3) is 76.8 Å². The SMILES string of the molecule is C1=CC2Oc3c(-c4cccc(-c5c6ccccc6c(-c6ccccc6-c6ccccc6)c6ccccc56)c4)cc4ccccc4c3C2C=C1. The number of rotatable bonds is 4. The lowest BCUT2D eigenvalue weighted by molar-refractivity contribution is 0.270. The number of fused-ring (bicyclic) bond motifs is 7. The largest absolute Gasteiger partial charge is 0.484 e. The minimum absolute atomic E-state index is 0.0203. The van der Waals surface area contributed by atoms with Crippen LogP contribution in [0, 0.1) is 0 Å². The van der Waals surface area contributed by atoms with Gasteiger partial charge in [0.1, 0.15) is 11.9 Å². The summed E-state index contributed by atoms with van der Waals surface area (Å²) >= 11 is 0. The van der Waals surface area contributed by atoms with Crippen molar-refractivity contribution in [1.82, 2.24) is 0 Å². The predicted molar refractivity (Wildman–Crippen MR) is 206 cm³/mol. The van der Waals surface area contributed by atoms with Gasteiger partial charge in [0.25, 0.3) is 0 Å². The van der Waals surface area contributed by atoms with Gasteiger partial charge in [0.2, 0.25) is 0 Å². The van der Waals surface area contributed by atoms with Gasteiger partial charge in [0, 0.05) is 17.0 Å². The van der Waals surface area contributed by atoms with Gasteiger partial charge in [-0.15, -0.1) is 0 Å². The number of benzene rings is 8. The molecule has 1 nitrogen and oxygen atoms in total. The zero-order valence-corrected chi connectivity index (χ0v) is 26.9. The monoisotopic (exact) mass is 624 g/mol. The standard InChI is InChI=1S/C48H32O/c1-2-15-31(16-3-1)35-20-6-7-22-37(35)46-40-25-10-8-23-38(40)45(39-24-9-11-26-41(39)46)34-19-14-18-32(29-34)43-30-33-17-4-5-21-36(33)47-42-27-12-13-28-44(42)49-48(43)47/h1-30,42,44H. The molecule has 10 rings (SSSR count). The average Bonchev–Trinajstić information content (AvgIpc) is 3.57. The lowest BCUT2D eigenvalue weighted by Gasteiger charge is -2.20. The first-order valence-electron chi connectivity index (χ1n) is 17.1. The molecule has 8 aromatic carbocycles. The maximum absolute atomic E-state index is 6.76. The van der Waals surface area contributed by atoms with Crippen LogP contribution in [0.5, 0.6) is 5.75 Å². The van der Waals surface area contributed by atoms with E-state index in [0.717, 1.165) is 16.9 Å². The molecule has 1 aliphatic heterocycles. The van der Waals surface area contributed by atoms with E-state index in [0.29, 0.717) is 0 Å². The van der Waals surface area contributed by atoms with E-state index in [1.807, 2.05) is 0 Å². The van der Waals surface area contributed by atoms with E-state index in [1.165, 1.54) is 71.3 Å². The van der Waals surface area contributed by atoms with Gasteiger partial charge in [-0.05, 0) is 89.5 Å². The van der Waals surface area contributed by atoms with E-state index in [9.17, 15) is 0 Å². The summed E-state index contributed by atoms with van der Waals surface area (Å²) in [5.74, 6) is 1.22. The molecule has 0 N–H and O–H groups in total. The van der Waals surface area contributed by atoms with Gasteiger partial charge in [-0.25, -0.2) is 0 Å². The minimum atomic E-state index is 0.0203. The maximum atomic E-state index is 6.76. The van der Waals surface area contributed by atoms with Gasteiger partial charge in [-0.3, -0.25) is 0 Å². The molecule has 1 aliphatic carbocycles. The molecule has 0 radical (unpaired) electrons. The molecule has 0 spiro atoms. The normalized spacial score (nSPS) is 16.2. The molecule has 1 heterocycles. The number of hydrogen-bond donors (Lipinski definition) is 0. The lowest BCUT2D eigenvalue weighted by Crippen LogP contribution is -2.15. The third-order valence-electron chi connectivity index (χ3n) is 10.4. The van der Waals surface area contributed by atoms with Gasteiger partial charge in [-0.2, -0.15) is 0 Å². The second kappa shape index (κ2) is 11.2. The third-order valence-corrected chi connectivity index (χ3v) is 10.4. The summed E-state index contributed by atoms with van der Waals surface area (Å²) < 4.78 is 6.76. The second-order valence-corrected chi connectivity index (χ2v) is 13.1. The Labute approximate surface area is 286 Å². The zero-order chi connectivity index (χ0) is 32.3. The molecule has 0 aromatic heterocycles. The highest BCUT2D eigenvalue weighted by Crippen LogP contribution is 2.51. The first-order chi connectivity index (χ1) is 24.3. The molecule has 0 saturated carbocycles. The van der Waals surface area contributed by atoms with Crippen molar-refractivity contribution in [3.05, 3.63) is 188 Å². The summed E-state index contributed by atoms with van der Waals surface area (Å²) in [5.41, 5.74) is 11.0. The van der Waals surface area contributed by atoms with Crippen LogP contribution in [0.15, 0.2) is 182 Å². The van der Waals surface area contributed by atoms with Crippen molar-refractivity contribution in [2.75, 3.05) is 0 Å². The van der Waals surface area contributed by atoms with Crippen LogP contribution >= 0.6 is 0 Å². The molecule has 2 atom stereocenters. The van der Waals surface area contributed by atoms with Gasteiger partial charge in [0.15, 0.2) is 0 Å². The fourth-order valence-corrected chi connectivity index (χ4v) is 8.27. The Bertz CT molecular complexity index is 2590. The Morgan fingerprint density at radius 1 is 0.388 bits per heavy atom. The molecule has 0 amide bonds. The van der Waals surface area contributed by atoms with Gasteiger partial charge in [-0.1, -0.05) is 164 Å². The minimum Gasteiger partial charge on any atom is -0.484 e. The van der Waals surface area contributed by atoms with Crippen molar-refractivity contribution in [1.29, 1.82) is 0 Å². The summed E-state index contributed by atoms with van der Waals surface area (Å²) in [5, 5.41) is 7.51. The average molecular weight is 625 g/mol. The predicted octanol–water partition coefficient (Wildman–Crippen LogP) is 12.8. The quantitative estimate of drug-likeness (QED) is 0.177. The molecule has 8 aromatic rings. The van der Waals surface area contributed by atoms with Crippen molar-refractivity contribution >= 4 is 32.3 Å². The van der Waals surface area contributed by atoms with Crippen LogP contribution < -0.4 is 4.74 Å². The van der Waals surface area contributed by atoms with E-state index in [-0.39, 0.29) is 12.0 Å². The smallest absolute Gasteiger partial charge is 0.132 e. The van der Waals surface area contributed by atoms with E-state index in [2.05, 4.69) is 182 Å². The number of allylic oxidation sites excluding steroid dienone is 2. The number of ether oxygens (including phenoxy) is 1. The molecule has 0 bridgehead atoms. The van der Waals surface area contributed by atoms with Crippen LogP contribution in [-0.4, -0.2) is 6.10 Å². The molecule has 230 valence electrons. The third kappa shape index (κ3) is 4.40. The first kappa shape index (κ1) is 27.9. The molecule has 0 fully saturated rings. The lowest BCUT2D eigenvalue weighted by atomic mass is 9.83. The molecule has 2 aliphatic rings. The van der Waals surface area contributed by atoms with Crippen LogP contribution in [0.3, 0.4) is 0 Å². The summed E-state index contributed by atoms with van der Waals surface area (Å²) in [6, 6.07) is 57.5. The Balaban J connectivity index is 1.22. The fraction of sp³-hybridized carbons (Fsp3) is 0.0417. The van der Waals surface area contributed by atoms with Crippen molar-refractivity contribution < 1.29 is 4.74 Å². The fourth-order valence-electron chi connectivity index (χ4n) is 8.27. The summed E-state index contributed by atoms with van der Waals surface area (Å²) in [7, 11) is 0. The van der Waals surface area contributed by atoms with E-state index >= 15 is 0 Å². The zero-order valence-electron chi connectivity index (χ0n) is 26.9. The highest BCUT2D eigenvalue weighted by Gasteiger charge is 2.35. The van der Waals surface area contributed by atoms with Gasteiger partial charge < -0.3 is 4.74 Å². The number of hydrogen-bond acceptors (Lipinski definition) is 1. The molecule has 49 heavy (non-hydrogen) atoms. The highest BCUT2D eigenvalue weighted by atomic mass is 16.5. The second-order valence-electron chi connectivity index (χ2n) is 13.1. The van der Waals surface area contributed by atoms with Crippen LogP contribution in [0.2, 0.25) is 0 Å². The van der Waals surface area contributed by atoms with Crippen LogP contribution in [0.4, 0.5) is 0 Å². The maximum Gasteiger partial charge on any atom is 0.132 e. The molecular weight excluding hydrogens is 593 g/mol. The van der Waals surface area contributed by atoms with Gasteiger partial charge in [0.05, 0.1) is 0 Å². The first-order valence-corrected chi connectivity index (χ1v) is 17.1. The topological polar surface area (TPSA) is 9.23 Å². The summed E-state index contributed by atoms with van der Waals surface area (Å²) in [4.78, 5) is 0.